The molecule has 0 aromatic heterocycles. The zero-order chi connectivity index (χ0) is 18.7. The minimum atomic E-state index is -3.61. The van der Waals surface area contributed by atoms with Crippen LogP contribution >= 0.6 is 0 Å². The number of nitrogens with zero attached hydrogens (tertiary/aromatic N) is 1. The van der Waals surface area contributed by atoms with Crippen molar-refractivity contribution in [2.75, 3.05) is 32.0 Å². The van der Waals surface area contributed by atoms with Crippen molar-refractivity contribution < 1.29 is 18.0 Å². The summed E-state index contributed by atoms with van der Waals surface area (Å²) in [6.45, 7) is 1.69. The predicted molar refractivity (Wildman–Crippen MR) is 97.2 cm³/mol. The smallest absolute Gasteiger partial charge is 0.240 e. The van der Waals surface area contributed by atoms with Crippen molar-refractivity contribution in [3.63, 3.8) is 0 Å². The summed E-state index contributed by atoms with van der Waals surface area (Å²) in [4.78, 5) is 25.1. The molecule has 142 valence electrons. The third-order valence-corrected chi connectivity index (χ3v) is 6.36. The van der Waals surface area contributed by atoms with E-state index in [-0.39, 0.29) is 22.8 Å². The van der Waals surface area contributed by atoms with Crippen LogP contribution < -0.4 is 15.4 Å². The van der Waals surface area contributed by atoms with E-state index in [4.69, 9.17) is 0 Å². The van der Waals surface area contributed by atoms with Crippen LogP contribution in [0.4, 0.5) is 5.69 Å². The van der Waals surface area contributed by atoms with Gasteiger partial charge in [0.25, 0.3) is 0 Å². The molecule has 2 aliphatic heterocycles. The Morgan fingerprint density at radius 3 is 2.69 bits per heavy atom. The molecule has 8 nitrogen and oxygen atoms in total. The van der Waals surface area contributed by atoms with Crippen molar-refractivity contribution >= 4 is 27.5 Å². The number of amides is 2. The lowest BCUT2D eigenvalue weighted by Crippen LogP contribution is -2.47. The first kappa shape index (κ1) is 18.8. The van der Waals surface area contributed by atoms with Gasteiger partial charge in [-0.3, -0.25) is 14.5 Å². The molecule has 2 aliphatic rings. The number of hydrogen-bond donors (Lipinski definition) is 3. The van der Waals surface area contributed by atoms with E-state index in [0.29, 0.717) is 51.0 Å². The van der Waals surface area contributed by atoms with Gasteiger partial charge in [-0.1, -0.05) is 0 Å². The number of benzene rings is 1. The standard InChI is InChI=1S/C17H24N4O4S/c1-18-17(23)11-21-8-6-13(7-9-21)20-26(24,25)14-3-4-15-12(10-14)2-5-16(22)19-15/h3-4,10,13,20H,2,5-9,11H2,1H3,(H,18,23)(H,19,22). The molecule has 1 saturated heterocycles. The number of carbonyl (C=O) groups excluding carboxylic acids is 2. The summed E-state index contributed by atoms with van der Waals surface area (Å²) in [5.41, 5.74) is 1.52. The number of aryl methyl sites for hydroxylation is 1. The fraction of sp³-hybridized carbons (Fsp3) is 0.529. The third-order valence-electron chi connectivity index (χ3n) is 4.84. The maximum absolute atomic E-state index is 12.7. The fourth-order valence-corrected chi connectivity index (χ4v) is 4.66. The van der Waals surface area contributed by atoms with Crippen LogP contribution in [0.15, 0.2) is 23.1 Å². The molecule has 26 heavy (non-hydrogen) atoms. The van der Waals surface area contributed by atoms with Crippen LogP contribution in [0.5, 0.6) is 0 Å². The summed E-state index contributed by atoms with van der Waals surface area (Å²) >= 11 is 0. The molecule has 0 bridgehead atoms. The summed E-state index contributed by atoms with van der Waals surface area (Å²) < 4.78 is 28.1. The Labute approximate surface area is 153 Å². The molecule has 9 heteroatoms. The number of fused-ring (bicyclic) bond motifs is 1. The van der Waals surface area contributed by atoms with E-state index < -0.39 is 10.0 Å². The zero-order valence-corrected chi connectivity index (χ0v) is 15.6. The molecule has 0 unspecified atom stereocenters. The highest BCUT2D eigenvalue weighted by molar-refractivity contribution is 7.89. The van der Waals surface area contributed by atoms with Crippen LogP contribution in [0.3, 0.4) is 0 Å². The zero-order valence-electron chi connectivity index (χ0n) is 14.7. The third kappa shape index (κ3) is 4.40. The molecule has 1 aromatic rings. The molecular weight excluding hydrogens is 356 g/mol. The number of likely N-dealkylation sites (tertiary alicyclic amines) is 1. The molecule has 0 aliphatic carbocycles. The van der Waals surface area contributed by atoms with Gasteiger partial charge in [-0.25, -0.2) is 13.1 Å². The average molecular weight is 380 g/mol. The Morgan fingerprint density at radius 1 is 1.27 bits per heavy atom. The molecule has 3 rings (SSSR count). The second-order valence-electron chi connectivity index (χ2n) is 6.71. The molecule has 1 aromatic carbocycles. The van der Waals surface area contributed by atoms with Crippen molar-refractivity contribution in [3.05, 3.63) is 23.8 Å². The molecular formula is C17H24N4O4S. The largest absolute Gasteiger partial charge is 0.358 e. The van der Waals surface area contributed by atoms with Gasteiger partial charge in [0.15, 0.2) is 0 Å². The maximum Gasteiger partial charge on any atom is 0.240 e. The Bertz CT molecular complexity index is 801. The van der Waals surface area contributed by atoms with Crippen molar-refractivity contribution in [1.29, 1.82) is 0 Å². The lowest BCUT2D eigenvalue weighted by molar-refractivity contribution is -0.122. The second kappa shape index (κ2) is 7.73. The SMILES string of the molecule is CNC(=O)CN1CCC(NS(=O)(=O)c2ccc3c(c2)CCC(=O)N3)CC1. The van der Waals surface area contributed by atoms with E-state index in [1.807, 2.05) is 4.90 Å². The monoisotopic (exact) mass is 380 g/mol. The number of hydrogen-bond acceptors (Lipinski definition) is 5. The highest BCUT2D eigenvalue weighted by Crippen LogP contribution is 2.26. The molecule has 2 amide bonds. The van der Waals surface area contributed by atoms with E-state index in [1.165, 1.54) is 6.07 Å². The van der Waals surface area contributed by atoms with Crippen LogP contribution in [0.25, 0.3) is 0 Å². The topological polar surface area (TPSA) is 108 Å². The van der Waals surface area contributed by atoms with Crippen molar-refractivity contribution in [3.8, 4) is 0 Å². The van der Waals surface area contributed by atoms with E-state index in [2.05, 4.69) is 15.4 Å². The lowest BCUT2D eigenvalue weighted by Gasteiger charge is -2.31. The van der Waals surface area contributed by atoms with Crippen LogP contribution in [-0.2, 0) is 26.0 Å². The second-order valence-corrected chi connectivity index (χ2v) is 8.43. The van der Waals surface area contributed by atoms with Crippen molar-refractivity contribution in [1.82, 2.24) is 14.9 Å². The van der Waals surface area contributed by atoms with Crippen LogP contribution in [0, 0.1) is 0 Å². The van der Waals surface area contributed by atoms with Gasteiger partial charge in [0.1, 0.15) is 0 Å². The highest BCUT2D eigenvalue weighted by atomic mass is 32.2. The number of anilines is 1. The lowest BCUT2D eigenvalue weighted by atomic mass is 10.0. The van der Waals surface area contributed by atoms with Gasteiger partial charge in [0.2, 0.25) is 21.8 Å². The molecule has 2 heterocycles. The number of sulfonamides is 1. The summed E-state index contributed by atoms with van der Waals surface area (Å²) in [6, 6.07) is 4.66. The molecule has 3 N–H and O–H groups in total. The molecule has 0 spiro atoms. The van der Waals surface area contributed by atoms with E-state index in [1.54, 1.807) is 19.2 Å². The highest BCUT2D eigenvalue weighted by Gasteiger charge is 2.26. The fourth-order valence-electron chi connectivity index (χ4n) is 3.31. The number of likely N-dealkylation sites (N-methyl/N-ethyl adjacent to an activating group) is 1. The van der Waals surface area contributed by atoms with E-state index in [9.17, 15) is 18.0 Å². The first-order valence-corrected chi connectivity index (χ1v) is 10.2. The first-order chi connectivity index (χ1) is 12.4. The number of carbonyl (C=O) groups is 2. The predicted octanol–water partition coefficient (Wildman–Crippen LogP) is 0.0600. The molecule has 0 saturated carbocycles. The minimum absolute atomic E-state index is 0.0369. The first-order valence-electron chi connectivity index (χ1n) is 8.75. The van der Waals surface area contributed by atoms with Gasteiger partial charge in [-0.15, -0.1) is 0 Å². The van der Waals surface area contributed by atoms with Gasteiger partial charge in [0, 0.05) is 38.3 Å². The molecule has 0 radical (unpaired) electrons. The Kier molecular flexibility index (Phi) is 5.59. The number of piperidine rings is 1. The summed E-state index contributed by atoms with van der Waals surface area (Å²) in [7, 11) is -2.01. The van der Waals surface area contributed by atoms with Gasteiger partial charge >= 0.3 is 0 Å². The van der Waals surface area contributed by atoms with Gasteiger partial charge in [-0.2, -0.15) is 0 Å². The Morgan fingerprint density at radius 2 is 2.00 bits per heavy atom. The number of nitrogens with one attached hydrogen (secondary N) is 3. The maximum atomic E-state index is 12.7. The van der Waals surface area contributed by atoms with Gasteiger partial charge in [-0.05, 0) is 43.0 Å². The minimum Gasteiger partial charge on any atom is -0.358 e. The van der Waals surface area contributed by atoms with Crippen LogP contribution in [0.2, 0.25) is 0 Å². The average Bonchev–Trinajstić information content (AvgIpc) is 2.62. The normalized spacial score (nSPS) is 18.9. The quantitative estimate of drug-likeness (QED) is 0.670. The van der Waals surface area contributed by atoms with Crippen molar-refractivity contribution in [2.24, 2.45) is 0 Å². The van der Waals surface area contributed by atoms with Crippen molar-refractivity contribution in [2.45, 2.75) is 36.6 Å². The van der Waals surface area contributed by atoms with Gasteiger partial charge in [0.05, 0.1) is 11.4 Å². The Hall–Kier alpha value is -1.97. The van der Waals surface area contributed by atoms with Gasteiger partial charge < -0.3 is 10.6 Å². The molecule has 0 atom stereocenters. The Balaban J connectivity index is 1.61. The summed E-state index contributed by atoms with van der Waals surface area (Å²) in [6.07, 6.45) is 2.24. The van der Waals surface area contributed by atoms with Crippen LogP contribution in [-0.4, -0.2) is 57.9 Å². The summed E-state index contributed by atoms with van der Waals surface area (Å²) in [5, 5.41) is 5.35. The van der Waals surface area contributed by atoms with E-state index >= 15 is 0 Å². The summed E-state index contributed by atoms with van der Waals surface area (Å²) in [5.74, 6) is -0.0834. The van der Waals surface area contributed by atoms with E-state index in [0.717, 1.165) is 5.56 Å². The van der Waals surface area contributed by atoms with Crippen LogP contribution in [0.1, 0.15) is 24.8 Å². The molecule has 1 fully saturated rings. The number of rotatable bonds is 5.